The Bertz CT molecular complexity index is 992. The monoisotopic (exact) mass is 384 g/mol. The number of hydrogen-bond donors (Lipinski definition) is 2. The average molecular weight is 384 g/mol. The second-order valence-electron chi connectivity index (χ2n) is 6.79. The lowest BCUT2D eigenvalue weighted by atomic mass is 10.00. The molecule has 0 aliphatic carbocycles. The van der Waals surface area contributed by atoms with Crippen LogP contribution >= 0.6 is 0 Å². The summed E-state index contributed by atoms with van der Waals surface area (Å²) in [5.74, 6) is -1.88. The minimum Gasteiger partial charge on any atom is -0.489 e. The molecule has 1 unspecified atom stereocenters. The first-order chi connectivity index (χ1) is 13.4. The normalized spacial score (nSPS) is 21.5. The third-order valence-electron chi connectivity index (χ3n) is 4.97. The predicted octanol–water partition coefficient (Wildman–Crippen LogP) is 1.49. The van der Waals surface area contributed by atoms with Gasteiger partial charge in [-0.05, 0) is 29.8 Å². The summed E-state index contributed by atoms with van der Waals surface area (Å²) in [4.78, 5) is 37.4. The molecule has 0 radical (unpaired) electrons. The van der Waals surface area contributed by atoms with Gasteiger partial charge < -0.3 is 9.84 Å². The van der Waals surface area contributed by atoms with Gasteiger partial charge in [0.15, 0.2) is 0 Å². The average Bonchev–Trinajstić information content (AvgIpc) is 3.02. The van der Waals surface area contributed by atoms with Crippen molar-refractivity contribution in [2.24, 2.45) is 0 Å². The summed E-state index contributed by atoms with van der Waals surface area (Å²) in [6.07, 6.45) is -0.234. The van der Waals surface area contributed by atoms with Crippen molar-refractivity contribution in [3.05, 3.63) is 65.0 Å². The van der Waals surface area contributed by atoms with E-state index in [1.165, 1.54) is 12.1 Å². The van der Waals surface area contributed by atoms with Crippen LogP contribution < -0.4 is 10.1 Å². The van der Waals surface area contributed by atoms with Gasteiger partial charge >= 0.3 is 0 Å². The third kappa shape index (κ3) is 3.01. The van der Waals surface area contributed by atoms with Crippen molar-refractivity contribution < 1.29 is 28.6 Å². The molecule has 0 aromatic heterocycles. The van der Waals surface area contributed by atoms with Gasteiger partial charge in [0.1, 0.15) is 18.2 Å². The van der Waals surface area contributed by atoms with Crippen LogP contribution in [0.15, 0.2) is 42.5 Å². The van der Waals surface area contributed by atoms with Gasteiger partial charge in [0.25, 0.3) is 11.8 Å². The Balaban J connectivity index is 1.58. The molecular weight excluding hydrogens is 367 g/mol. The summed E-state index contributed by atoms with van der Waals surface area (Å²) in [5.41, 5.74) is -0.622. The second kappa shape index (κ2) is 6.72. The molecule has 7 nitrogen and oxygen atoms in total. The highest BCUT2D eigenvalue weighted by atomic mass is 19.1. The lowest BCUT2D eigenvalue weighted by Crippen LogP contribution is -2.63. The number of carbonyl (C=O) groups excluding carboxylic acids is 3. The van der Waals surface area contributed by atoms with E-state index in [2.05, 4.69) is 5.32 Å². The molecule has 3 amide bonds. The van der Waals surface area contributed by atoms with E-state index in [0.717, 1.165) is 4.90 Å². The van der Waals surface area contributed by atoms with Gasteiger partial charge in [-0.3, -0.25) is 24.6 Å². The number of nitrogens with zero attached hydrogens (tertiary/aromatic N) is 1. The fourth-order valence-electron chi connectivity index (χ4n) is 3.47. The Morgan fingerprint density at radius 2 is 1.96 bits per heavy atom. The molecule has 0 saturated carbocycles. The molecular formula is C20H17FN2O5. The molecule has 1 atom stereocenters. The first-order valence-electron chi connectivity index (χ1n) is 8.76. The molecule has 144 valence electrons. The van der Waals surface area contributed by atoms with Crippen LogP contribution in [0.4, 0.5) is 4.39 Å². The van der Waals surface area contributed by atoms with E-state index >= 15 is 0 Å². The Labute approximate surface area is 159 Å². The molecule has 2 heterocycles. The fourth-order valence-corrected chi connectivity index (χ4v) is 3.47. The van der Waals surface area contributed by atoms with Crippen LogP contribution in [-0.4, -0.2) is 33.5 Å². The van der Waals surface area contributed by atoms with Crippen molar-refractivity contribution in [2.75, 3.05) is 0 Å². The number of carbonyl (C=O) groups is 3. The Kier molecular flexibility index (Phi) is 4.35. The van der Waals surface area contributed by atoms with Gasteiger partial charge in [-0.2, -0.15) is 0 Å². The highest BCUT2D eigenvalue weighted by Gasteiger charge is 2.51. The number of ether oxygens (including phenoxy) is 1. The number of fused-ring (bicyclic) bond motifs is 1. The first kappa shape index (κ1) is 18.1. The molecule has 2 aromatic carbocycles. The van der Waals surface area contributed by atoms with E-state index in [9.17, 15) is 23.9 Å². The van der Waals surface area contributed by atoms with Crippen LogP contribution in [0.3, 0.4) is 0 Å². The van der Waals surface area contributed by atoms with E-state index in [1.807, 2.05) is 0 Å². The van der Waals surface area contributed by atoms with Crippen molar-refractivity contribution in [1.82, 2.24) is 10.2 Å². The molecule has 2 N–H and O–H groups in total. The number of amides is 3. The van der Waals surface area contributed by atoms with Gasteiger partial charge in [0, 0.05) is 24.0 Å². The van der Waals surface area contributed by atoms with Crippen molar-refractivity contribution in [2.45, 2.75) is 31.7 Å². The number of piperidine rings is 1. The van der Waals surface area contributed by atoms with Gasteiger partial charge in [-0.25, -0.2) is 4.39 Å². The number of rotatable bonds is 4. The van der Waals surface area contributed by atoms with Gasteiger partial charge in [0.2, 0.25) is 11.6 Å². The van der Waals surface area contributed by atoms with E-state index in [4.69, 9.17) is 4.74 Å². The highest BCUT2D eigenvalue weighted by Crippen LogP contribution is 2.37. The summed E-state index contributed by atoms with van der Waals surface area (Å²) in [6, 6.07) is 10.9. The Hall–Kier alpha value is -3.26. The minimum absolute atomic E-state index is 0.0361. The molecule has 0 spiro atoms. The molecule has 1 fully saturated rings. The SMILES string of the molecule is O=C1CCC(O)(N2Cc3c(OCc4cccc(F)c4)cccc3C2=O)C(=O)N1. The number of imide groups is 1. The molecule has 2 aliphatic rings. The lowest BCUT2D eigenvalue weighted by molar-refractivity contribution is -0.168. The lowest BCUT2D eigenvalue weighted by Gasteiger charge is -2.37. The van der Waals surface area contributed by atoms with Crippen LogP contribution in [0.2, 0.25) is 0 Å². The van der Waals surface area contributed by atoms with Gasteiger partial charge in [-0.15, -0.1) is 0 Å². The van der Waals surface area contributed by atoms with Crippen LogP contribution in [0.25, 0.3) is 0 Å². The van der Waals surface area contributed by atoms with E-state index in [1.54, 1.807) is 30.3 Å². The van der Waals surface area contributed by atoms with Gasteiger partial charge in [0.05, 0.1) is 6.54 Å². The van der Waals surface area contributed by atoms with Crippen LogP contribution in [0.1, 0.15) is 34.3 Å². The van der Waals surface area contributed by atoms with E-state index in [0.29, 0.717) is 22.4 Å². The fraction of sp³-hybridized carbons (Fsp3) is 0.250. The number of hydrogen-bond acceptors (Lipinski definition) is 5. The quantitative estimate of drug-likeness (QED) is 0.779. The Morgan fingerprint density at radius 1 is 1.18 bits per heavy atom. The van der Waals surface area contributed by atoms with Crippen LogP contribution in [0, 0.1) is 5.82 Å². The molecule has 4 rings (SSSR count). The minimum atomic E-state index is -2.09. The van der Waals surface area contributed by atoms with Crippen molar-refractivity contribution in [3.63, 3.8) is 0 Å². The predicted molar refractivity (Wildman–Crippen MR) is 94.4 cm³/mol. The number of nitrogens with one attached hydrogen (secondary N) is 1. The third-order valence-corrected chi connectivity index (χ3v) is 4.97. The molecule has 2 aliphatic heterocycles. The maximum Gasteiger partial charge on any atom is 0.279 e. The summed E-state index contributed by atoms with van der Waals surface area (Å²) < 4.78 is 19.1. The van der Waals surface area contributed by atoms with E-state index < -0.39 is 23.4 Å². The smallest absolute Gasteiger partial charge is 0.279 e. The first-order valence-corrected chi connectivity index (χ1v) is 8.76. The van der Waals surface area contributed by atoms with Crippen molar-refractivity contribution in [3.8, 4) is 5.75 Å². The number of aliphatic hydroxyl groups is 1. The molecule has 2 aromatic rings. The zero-order valence-electron chi connectivity index (χ0n) is 14.8. The van der Waals surface area contributed by atoms with E-state index in [-0.39, 0.29) is 31.8 Å². The standard InChI is InChI=1S/C20H17FN2O5/c21-13-4-1-3-12(9-13)11-28-16-6-2-5-14-15(16)10-23(18(14)25)20(27)8-7-17(24)22-19(20)26/h1-6,9,27H,7-8,10-11H2,(H,22,24,26). The zero-order chi connectivity index (χ0) is 19.9. The Morgan fingerprint density at radius 3 is 2.71 bits per heavy atom. The highest BCUT2D eigenvalue weighted by molar-refractivity contribution is 6.06. The summed E-state index contributed by atoms with van der Waals surface area (Å²) in [7, 11) is 0. The van der Waals surface area contributed by atoms with Gasteiger partial charge in [-0.1, -0.05) is 18.2 Å². The topological polar surface area (TPSA) is 95.9 Å². The number of halogens is 1. The van der Waals surface area contributed by atoms with Crippen LogP contribution in [0.5, 0.6) is 5.75 Å². The molecule has 28 heavy (non-hydrogen) atoms. The van der Waals surface area contributed by atoms with Crippen molar-refractivity contribution in [1.29, 1.82) is 0 Å². The summed E-state index contributed by atoms with van der Waals surface area (Å²) >= 11 is 0. The molecule has 0 bridgehead atoms. The zero-order valence-corrected chi connectivity index (χ0v) is 14.8. The van der Waals surface area contributed by atoms with Crippen molar-refractivity contribution >= 4 is 17.7 Å². The molecule has 8 heteroatoms. The maximum atomic E-state index is 13.3. The summed E-state index contributed by atoms with van der Waals surface area (Å²) in [5, 5.41) is 12.9. The maximum absolute atomic E-state index is 13.3. The number of benzene rings is 2. The summed E-state index contributed by atoms with van der Waals surface area (Å²) in [6.45, 7) is 0.0628. The second-order valence-corrected chi connectivity index (χ2v) is 6.79. The van der Waals surface area contributed by atoms with Crippen LogP contribution in [-0.2, 0) is 22.7 Å². The largest absolute Gasteiger partial charge is 0.489 e. The molecule has 1 saturated heterocycles.